The van der Waals surface area contributed by atoms with Gasteiger partial charge in [-0.15, -0.1) is 0 Å². The number of hydrogen-bond donors (Lipinski definition) is 0. The first-order valence-electron chi connectivity index (χ1n) is 15.2. The molecule has 0 atom stereocenters. The van der Waals surface area contributed by atoms with Crippen LogP contribution in [0.15, 0.2) is 138 Å². The molecule has 0 N–H and O–H groups in total. The molecule has 0 spiro atoms. The molecule has 5 nitrogen and oxygen atoms in total. The molecule has 0 radical (unpaired) electrons. The minimum absolute atomic E-state index is 0.569. The Morgan fingerprint density at radius 1 is 0.489 bits per heavy atom. The summed E-state index contributed by atoms with van der Waals surface area (Å²) in [5.74, 6) is 1.83. The lowest BCUT2D eigenvalue weighted by atomic mass is 10.0. The predicted octanol–water partition coefficient (Wildman–Crippen LogP) is 9.77. The van der Waals surface area contributed by atoms with E-state index in [0.29, 0.717) is 17.6 Å². The zero-order chi connectivity index (χ0) is 29.5. The fourth-order valence-corrected chi connectivity index (χ4v) is 7.07. The minimum Gasteiger partial charge on any atom is -0.455 e. The lowest BCUT2D eigenvalue weighted by Gasteiger charge is -2.10. The largest absolute Gasteiger partial charge is 0.455 e. The third-order valence-corrected chi connectivity index (χ3v) is 9.08. The van der Waals surface area contributed by atoms with Crippen molar-refractivity contribution in [2.75, 3.05) is 0 Å². The summed E-state index contributed by atoms with van der Waals surface area (Å²) in [7, 11) is 0. The van der Waals surface area contributed by atoms with E-state index in [1.54, 1.807) is 0 Å². The third-order valence-electron chi connectivity index (χ3n) is 9.08. The molecule has 210 valence electrons. The Morgan fingerprint density at radius 3 is 1.91 bits per heavy atom. The molecule has 10 rings (SSSR count). The van der Waals surface area contributed by atoms with Crippen molar-refractivity contribution in [2.45, 2.75) is 6.42 Å². The van der Waals surface area contributed by atoms with Gasteiger partial charge in [0.15, 0.2) is 11.6 Å². The van der Waals surface area contributed by atoms with Gasteiger partial charge in [-0.25, -0.2) is 4.98 Å². The number of furan rings is 1. The van der Waals surface area contributed by atoms with Crippen LogP contribution in [0.5, 0.6) is 0 Å². The fraction of sp³-hybridized carbons (Fsp3) is 0.0250. The van der Waals surface area contributed by atoms with Crippen LogP contribution in [0.25, 0.3) is 83.6 Å². The van der Waals surface area contributed by atoms with Gasteiger partial charge in [0.1, 0.15) is 11.2 Å². The Balaban J connectivity index is 1.29. The summed E-state index contributed by atoms with van der Waals surface area (Å²) in [6, 6.07) is 46.1. The van der Waals surface area contributed by atoms with Crippen LogP contribution < -0.4 is 0 Å². The number of rotatable bonds is 3. The van der Waals surface area contributed by atoms with Crippen LogP contribution in [0.3, 0.4) is 0 Å². The Kier molecular flexibility index (Phi) is 4.99. The van der Waals surface area contributed by atoms with Crippen LogP contribution in [0, 0.1) is 0 Å². The second-order valence-corrected chi connectivity index (χ2v) is 11.6. The van der Waals surface area contributed by atoms with Gasteiger partial charge in [0, 0.05) is 32.8 Å². The van der Waals surface area contributed by atoms with E-state index in [1.165, 1.54) is 22.3 Å². The summed E-state index contributed by atoms with van der Waals surface area (Å²) in [5, 5.41) is 4.40. The monoisotopic (exact) mass is 576 g/mol. The maximum Gasteiger partial charge on any atom is 0.238 e. The molecule has 3 heterocycles. The van der Waals surface area contributed by atoms with E-state index in [1.807, 2.05) is 60.7 Å². The number of hydrogen-bond acceptors (Lipinski definition) is 4. The van der Waals surface area contributed by atoms with Gasteiger partial charge >= 0.3 is 0 Å². The molecular formula is C40H24N4O. The quantitative estimate of drug-likeness (QED) is 0.210. The molecule has 9 aromatic rings. The van der Waals surface area contributed by atoms with Gasteiger partial charge < -0.3 is 4.42 Å². The Labute approximate surface area is 258 Å². The van der Waals surface area contributed by atoms with Crippen molar-refractivity contribution in [3.05, 3.63) is 145 Å². The van der Waals surface area contributed by atoms with Crippen LogP contribution in [0.1, 0.15) is 11.1 Å². The van der Waals surface area contributed by atoms with E-state index in [-0.39, 0.29) is 0 Å². The molecule has 1 aliphatic rings. The molecule has 0 amide bonds. The second kappa shape index (κ2) is 9.21. The maximum atomic E-state index is 6.94. The van der Waals surface area contributed by atoms with Gasteiger partial charge in [0.2, 0.25) is 5.95 Å². The van der Waals surface area contributed by atoms with Gasteiger partial charge in [-0.3, -0.25) is 4.57 Å². The van der Waals surface area contributed by atoms with Gasteiger partial charge in [-0.05, 0) is 41.3 Å². The summed E-state index contributed by atoms with van der Waals surface area (Å²) >= 11 is 0. The summed E-state index contributed by atoms with van der Waals surface area (Å²) < 4.78 is 9.09. The molecule has 45 heavy (non-hydrogen) atoms. The molecule has 0 fully saturated rings. The Morgan fingerprint density at radius 2 is 1.13 bits per heavy atom. The topological polar surface area (TPSA) is 56.7 Å². The first-order valence-corrected chi connectivity index (χ1v) is 15.2. The van der Waals surface area contributed by atoms with E-state index < -0.39 is 0 Å². The van der Waals surface area contributed by atoms with Crippen molar-refractivity contribution in [2.24, 2.45) is 0 Å². The summed E-state index contributed by atoms with van der Waals surface area (Å²) in [4.78, 5) is 15.1. The van der Waals surface area contributed by atoms with E-state index in [2.05, 4.69) is 77.4 Å². The fourth-order valence-electron chi connectivity index (χ4n) is 7.07. The van der Waals surface area contributed by atoms with Crippen LogP contribution >= 0.6 is 0 Å². The molecule has 0 bridgehead atoms. The van der Waals surface area contributed by atoms with Crippen LogP contribution in [-0.2, 0) is 6.42 Å². The lowest BCUT2D eigenvalue weighted by molar-refractivity contribution is 0.674. The molecule has 6 aromatic carbocycles. The van der Waals surface area contributed by atoms with Crippen molar-refractivity contribution in [1.29, 1.82) is 0 Å². The highest BCUT2D eigenvalue weighted by molar-refractivity contribution is 6.25. The number of nitrogens with zero attached hydrogens (tertiary/aromatic N) is 4. The van der Waals surface area contributed by atoms with Crippen molar-refractivity contribution in [3.63, 3.8) is 0 Å². The van der Waals surface area contributed by atoms with Crippen molar-refractivity contribution in [3.8, 4) is 39.9 Å². The van der Waals surface area contributed by atoms with E-state index in [0.717, 1.165) is 61.3 Å². The summed E-state index contributed by atoms with van der Waals surface area (Å²) in [6.45, 7) is 0. The highest BCUT2D eigenvalue weighted by Crippen LogP contribution is 2.46. The summed E-state index contributed by atoms with van der Waals surface area (Å²) in [6.07, 6.45) is 0.931. The minimum atomic E-state index is 0.569. The number of fused-ring (bicyclic) bond motifs is 11. The second-order valence-electron chi connectivity index (χ2n) is 11.6. The third kappa shape index (κ3) is 3.52. The average molecular weight is 577 g/mol. The van der Waals surface area contributed by atoms with Crippen molar-refractivity contribution < 1.29 is 4.42 Å². The number of benzene rings is 6. The van der Waals surface area contributed by atoms with Gasteiger partial charge in [0.05, 0.1) is 16.4 Å². The molecule has 1 aliphatic carbocycles. The zero-order valence-corrected chi connectivity index (χ0v) is 24.1. The van der Waals surface area contributed by atoms with Gasteiger partial charge in [0.25, 0.3) is 0 Å². The Hall–Kier alpha value is -6.07. The standard InChI is InChI=1S/C40H24N4O/c1-3-11-24(12-4-1)38-41-39(25-13-5-2-6-14-25)43-40(42-38)44-32-18-10-9-17-31(32)35-33(44)22-21-30-29-20-19-27-23-26-15-7-8-16-28(26)34(27)36(29)45-37(30)35/h1-22H,23H2. The molecular weight excluding hydrogens is 552 g/mol. The molecule has 0 unspecified atom stereocenters. The maximum absolute atomic E-state index is 6.94. The van der Waals surface area contributed by atoms with E-state index in [9.17, 15) is 0 Å². The Bertz CT molecular complexity index is 2560. The smallest absolute Gasteiger partial charge is 0.238 e. The molecule has 5 heteroatoms. The first kappa shape index (κ1) is 24.4. The van der Waals surface area contributed by atoms with Gasteiger partial charge in [-0.2, -0.15) is 9.97 Å². The molecule has 0 aliphatic heterocycles. The summed E-state index contributed by atoms with van der Waals surface area (Å²) in [5.41, 5.74) is 10.9. The first-order chi connectivity index (χ1) is 22.3. The average Bonchev–Trinajstić information content (AvgIpc) is 3.78. The van der Waals surface area contributed by atoms with E-state index >= 15 is 0 Å². The highest BCUT2D eigenvalue weighted by atomic mass is 16.3. The van der Waals surface area contributed by atoms with E-state index in [4.69, 9.17) is 19.4 Å². The zero-order valence-electron chi connectivity index (χ0n) is 24.1. The van der Waals surface area contributed by atoms with Crippen LogP contribution in [0.2, 0.25) is 0 Å². The van der Waals surface area contributed by atoms with Gasteiger partial charge in [-0.1, -0.05) is 115 Å². The van der Waals surface area contributed by atoms with Crippen LogP contribution in [0.4, 0.5) is 0 Å². The SMILES string of the molecule is c1ccc(-c2nc(-c3ccccc3)nc(-n3c4ccccc4c4c5oc6c7c(ccc6c5ccc43)Cc3ccccc3-7)n2)cc1. The van der Waals surface area contributed by atoms with Crippen molar-refractivity contribution >= 4 is 43.7 Å². The lowest BCUT2D eigenvalue weighted by Crippen LogP contribution is -2.06. The molecule has 0 saturated heterocycles. The number of aromatic nitrogens is 4. The highest BCUT2D eigenvalue weighted by Gasteiger charge is 2.26. The number of para-hydroxylation sites is 1. The molecule has 0 saturated carbocycles. The predicted molar refractivity (Wildman–Crippen MR) is 181 cm³/mol. The van der Waals surface area contributed by atoms with Crippen LogP contribution in [-0.4, -0.2) is 19.5 Å². The normalized spacial score (nSPS) is 12.4. The van der Waals surface area contributed by atoms with Crippen molar-refractivity contribution in [1.82, 2.24) is 19.5 Å². The molecule has 3 aromatic heterocycles.